The van der Waals surface area contributed by atoms with Crippen molar-refractivity contribution in [2.24, 2.45) is 17.1 Å². The summed E-state index contributed by atoms with van der Waals surface area (Å²) in [6.07, 6.45) is 2.13. The molecule has 1 saturated carbocycles. The van der Waals surface area contributed by atoms with Gasteiger partial charge in [-0.05, 0) is 79.8 Å². The van der Waals surface area contributed by atoms with E-state index in [9.17, 15) is 9.59 Å². The highest BCUT2D eigenvalue weighted by molar-refractivity contribution is 6.31. The van der Waals surface area contributed by atoms with E-state index >= 15 is 0 Å². The summed E-state index contributed by atoms with van der Waals surface area (Å²) in [5, 5.41) is 3.88. The number of rotatable bonds is 9. The molecule has 190 valence electrons. The number of halogens is 2. The van der Waals surface area contributed by atoms with Crippen LogP contribution in [0.5, 0.6) is 5.75 Å². The van der Waals surface area contributed by atoms with Crippen LogP contribution in [0.15, 0.2) is 42.5 Å². The van der Waals surface area contributed by atoms with E-state index in [4.69, 9.17) is 38.4 Å². The van der Waals surface area contributed by atoms with Crippen molar-refractivity contribution in [3.05, 3.63) is 63.6 Å². The fourth-order valence-electron chi connectivity index (χ4n) is 5.41. The van der Waals surface area contributed by atoms with Crippen LogP contribution in [-0.4, -0.2) is 38.2 Å². The first-order valence-electron chi connectivity index (χ1n) is 12.0. The number of hydrogen-bond acceptors (Lipinski definition) is 5. The van der Waals surface area contributed by atoms with Gasteiger partial charge in [0, 0.05) is 21.5 Å². The molecule has 1 aliphatic rings. The molecule has 5 unspecified atom stereocenters. The van der Waals surface area contributed by atoms with E-state index in [1.54, 1.807) is 13.0 Å². The van der Waals surface area contributed by atoms with E-state index in [-0.39, 0.29) is 30.4 Å². The number of carbonyl (C=O) groups is 2. The highest BCUT2D eigenvalue weighted by Gasteiger charge is 2.49. The van der Waals surface area contributed by atoms with Gasteiger partial charge in [0.2, 0.25) is 0 Å². The molecular formula is C27H34Cl2N2O4. The highest BCUT2D eigenvalue weighted by atomic mass is 35.5. The Morgan fingerprint density at radius 2 is 1.97 bits per heavy atom. The molecule has 8 heteroatoms. The molecule has 0 aromatic heterocycles. The zero-order valence-corrected chi connectivity index (χ0v) is 21.9. The smallest absolute Gasteiger partial charge is 0.407 e. The molecule has 0 heterocycles. The predicted octanol–water partition coefficient (Wildman–Crippen LogP) is 5.95. The third-order valence-corrected chi connectivity index (χ3v) is 7.53. The Bertz CT molecular complexity index is 1010. The van der Waals surface area contributed by atoms with Crippen molar-refractivity contribution in [1.29, 1.82) is 0 Å². The van der Waals surface area contributed by atoms with Gasteiger partial charge in [-0.3, -0.25) is 0 Å². The number of alkyl carbamates (subject to hydrolysis) is 1. The third kappa shape index (κ3) is 6.49. The van der Waals surface area contributed by atoms with Gasteiger partial charge in [-0.1, -0.05) is 48.3 Å². The number of ether oxygens (including phenoxy) is 2. The second kappa shape index (κ2) is 12.1. The molecule has 0 bridgehead atoms. The molecule has 2 aromatic rings. The Labute approximate surface area is 217 Å². The molecule has 1 amide bonds. The van der Waals surface area contributed by atoms with Crippen LogP contribution >= 0.6 is 23.2 Å². The van der Waals surface area contributed by atoms with Crippen molar-refractivity contribution < 1.29 is 19.1 Å². The van der Waals surface area contributed by atoms with Gasteiger partial charge in [0.25, 0.3) is 0 Å². The monoisotopic (exact) mass is 520 g/mol. The molecule has 0 radical (unpaired) electrons. The van der Waals surface area contributed by atoms with Crippen molar-refractivity contribution >= 4 is 35.6 Å². The average Bonchev–Trinajstić information content (AvgIpc) is 2.82. The predicted molar refractivity (Wildman–Crippen MR) is 139 cm³/mol. The lowest BCUT2D eigenvalue weighted by atomic mass is 9.55. The largest absolute Gasteiger partial charge is 0.492 e. The number of benzene rings is 2. The van der Waals surface area contributed by atoms with Gasteiger partial charge in [0.15, 0.2) is 0 Å². The lowest BCUT2D eigenvalue weighted by Gasteiger charge is -2.49. The summed E-state index contributed by atoms with van der Waals surface area (Å²) in [7, 11) is 0. The maximum absolute atomic E-state index is 12.2. The second-order valence-corrected chi connectivity index (χ2v) is 10.3. The molecule has 5 atom stereocenters. The maximum atomic E-state index is 12.2. The van der Waals surface area contributed by atoms with Crippen LogP contribution in [0.4, 0.5) is 4.79 Å². The van der Waals surface area contributed by atoms with Crippen LogP contribution in [0.25, 0.3) is 0 Å². The Kier molecular flexibility index (Phi) is 9.45. The van der Waals surface area contributed by atoms with Gasteiger partial charge < -0.3 is 25.3 Å². The minimum Gasteiger partial charge on any atom is -0.492 e. The Morgan fingerprint density at radius 1 is 1.26 bits per heavy atom. The van der Waals surface area contributed by atoms with Crippen LogP contribution in [0.2, 0.25) is 10.0 Å². The molecule has 3 rings (SSSR count). The van der Waals surface area contributed by atoms with E-state index in [1.165, 1.54) is 0 Å². The van der Waals surface area contributed by atoms with Crippen molar-refractivity contribution in [1.82, 2.24) is 5.32 Å². The van der Waals surface area contributed by atoms with Crippen LogP contribution in [-0.2, 0) is 9.53 Å². The summed E-state index contributed by atoms with van der Waals surface area (Å²) in [5.41, 5.74) is 8.07. The summed E-state index contributed by atoms with van der Waals surface area (Å²) < 4.78 is 10.6. The van der Waals surface area contributed by atoms with Crippen LogP contribution in [0.3, 0.4) is 0 Å². The molecule has 2 aromatic carbocycles. The summed E-state index contributed by atoms with van der Waals surface area (Å²) >= 11 is 13.0. The Hall–Kier alpha value is -2.28. The number of nitrogens with one attached hydrogen (secondary N) is 1. The second-order valence-electron chi connectivity index (χ2n) is 9.41. The summed E-state index contributed by atoms with van der Waals surface area (Å²) in [5.74, 6) is 0.618. The van der Waals surface area contributed by atoms with E-state index in [0.29, 0.717) is 28.9 Å². The summed E-state index contributed by atoms with van der Waals surface area (Å²) in [4.78, 5) is 23.6. The van der Waals surface area contributed by atoms with Crippen molar-refractivity contribution in [3.8, 4) is 5.75 Å². The SMILES string of the molecule is CCOC(=O)NCCOc1ccc(C2CCC(C)(C=O)C(C(C)N)C2c2ccc(Cl)cc2)c(Cl)c1. The highest BCUT2D eigenvalue weighted by Crippen LogP contribution is 2.56. The number of aldehydes is 1. The standard InChI is InChI=1S/C27H34Cl2N2O4/c1-4-34-26(33)31-13-14-35-20-9-10-21(23(29)15-20)22-11-12-27(3,16-32)25(17(2)30)24(22)18-5-7-19(28)8-6-18/h5-10,15-17,22,24-25H,4,11-14,30H2,1-3H3,(H,31,33). The van der Waals surface area contributed by atoms with E-state index in [0.717, 1.165) is 30.3 Å². The average molecular weight is 521 g/mol. The lowest BCUT2D eigenvalue weighted by molar-refractivity contribution is -0.121. The van der Waals surface area contributed by atoms with Crippen LogP contribution in [0.1, 0.15) is 56.6 Å². The van der Waals surface area contributed by atoms with Gasteiger partial charge in [-0.15, -0.1) is 0 Å². The van der Waals surface area contributed by atoms with E-state index in [2.05, 4.69) is 5.32 Å². The molecule has 0 aliphatic heterocycles. The first-order chi connectivity index (χ1) is 16.7. The van der Waals surface area contributed by atoms with Crippen LogP contribution in [0, 0.1) is 11.3 Å². The van der Waals surface area contributed by atoms with E-state index in [1.807, 2.05) is 50.2 Å². The topological polar surface area (TPSA) is 90.6 Å². The van der Waals surface area contributed by atoms with E-state index < -0.39 is 11.5 Å². The number of nitrogens with two attached hydrogens (primary N) is 1. The Morgan fingerprint density at radius 3 is 2.57 bits per heavy atom. The van der Waals surface area contributed by atoms with Crippen molar-refractivity contribution in [2.75, 3.05) is 19.8 Å². The maximum Gasteiger partial charge on any atom is 0.407 e. The lowest BCUT2D eigenvalue weighted by Crippen LogP contribution is -2.48. The molecule has 1 fully saturated rings. The first kappa shape index (κ1) is 27.3. The quantitative estimate of drug-likeness (QED) is 0.315. The molecule has 6 nitrogen and oxygen atoms in total. The zero-order chi connectivity index (χ0) is 25.6. The molecule has 0 spiro atoms. The number of amides is 1. The number of carbonyl (C=O) groups excluding carboxylic acids is 2. The zero-order valence-electron chi connectivity index (χ0n) is 20.4. The van der Waals surface area contributed by atoms with Crippen molar-refractivity contribution in [2.45, 2.75) is 51.5 Å². The first-order valence-corrected chi connectivity index (χ1v) is 12.8. The van der Waals surface area contributed by atoms with Gasteiger partial charge >= 0.3 is 6.09 Å². The number of hydrogen-bond donors (Lipinski definition) is 2. The van der Waals surface area contributed by atoms with Crippen molar-refractivity contribution in [3.63, 3.8) is 0 Å². The third-order valence-electron chi connectivity index (χ3n) is 6.95. The normalized spacial score (nSPS) is 24.9. The fourth-order valence-corrected chi connectivity index (χ4v) is 5.85. The molecule has 1 aliphatic carbocycles. The van der Waals surface area contributed by atoms with Gasteiger partial charge in [0.1, 0.15) is 18.6 Å². The minimum atomic E-state index is -0.531. The molecule has 0 saturated heterocycles. The molecule has 35 heavy (non-hydrogen) atoms. The summed E-state index contributed by atoms with van der Waals surface area (Å²) in [6.45, 7) is 6.66. The summed E-state index contributed by atoms with van der Waals surface area (Å²) in [6, 6.07) is 13.3. The molecule has 3 N–H and O–H groups in total. The van der Waals surface area contributed by atoms with Gasteiger partial charge in [-0.2, -0.15) is 0 Å². The van der Waals surface area contributed by atoms with Gasteiger partial charge in [-0.25, -0.2) is 4.79 Å². The molecular weight excluding hydrogens is 487 g/mol. The van der Waals surface area contributed by atoms with Gasteiger partial charge in [0.05, 0.1) is 13.2 Å². The Balaban J connectivity index is 1.86. The van der Waals surface area contributed by atoms with Crippen LogP contribution < -0.4 is 15.8 Å². The fraction of sp³-hybridized carbons (Fsp3) is 0.481. The minimum absolute atomic E-state index is 0.00531.